The minimum Gasteiger partial charge on any atom is -0.355 e. The van der Waals surface area contributed by atoms with Crippen LogP contribution in [-0.2, 0) is 4.79 Å². The molecule has 1 aromatic carbocycles. The standard InChI is InChI=1S/C19H16F4N4O3/c1-8-14(17(29)27-12-4-5-13(20)11(6-12)7-24)9(2)25-15(8)16(28)18(30)26-10(3)19(21,22)23/h4-6,10,25H,1-3H3,(H,26,30)(H,27,29)/t10-/m1/s1. The summed E-state index contributed by atoms with van der Waals surface area (Å²) in [6, 6.07) is 2.72. The van der Waals surface area contributed by atoms with E-state index in [0.717, 1.165) is 12.1 Å². The molecule has 158 valence electrons. The molecule has 0 fully saturated rings. The molecule has 1 heterocycles. The van der Waals surface area contributed by atoms with Gasteiger partial charge in [0.05, 0.1) is 16.8 Å². The van der Waals surface area contributed by atoms with Gasteiger partial charge >= 0.3 is 6.18 Å². The number of Topliss-reactive ketones (excluding diaryl/α,β-unsaturated/α-hetero) is 1. The number of nitriles is 1. The highest BCUT2D eigenvalue weighted by atomic mass is 19.4. The molecule has 3 N–H and O–H groups in total. The molecule has 0 saturated heterocycles. The Morgan fingerprint density at radius 3 is 2.40 bits per heavy atom. The van der Waals surface area contributed by atoms with E-state index in [2.05, 4.69) is 10.3 Å². The normalized spacial score (nSPS) is 12.1. The maximum absolute atomic E-state index is 13.4. The summed E-state index contributed by atoms with van der Waals surface area (Å²) in [5.74, 6) is -4.23. The van der Waals surface area contributed by atoms with Crippen molar-refractivity contribution >= 4 is 23.3 Å². The van der Waals surface area contributed by atoms with Crippen LogP contribution in [0.25, 0.3) is 0 Å². The van der Waals surface area contributed by atoms with E-state index in [1.54, 1.807) is 11.4 Å². The number of hydrogen-bond donors (Lipinski definition) is 3. The predicted molar refractivity (Wildman–Crippen MR) is 97.3 cm³/mol. The average molecular weight is 424 g/mol. The number of rotatable bonds is 5. The van der Waals surface area contributed by atoms with Gasteiger partial charge in [-0.05, 0) is 44.5 Å². The second kappa shape index (κ2) is 8.36. The molecule has 0 unspecified atom stereocenters. The van der Waals surface area contributed by atoms with Crippen LogP contribution in [-0.4, -0.2) is 34.8 Å². The Balaban J connectivity index is 2.26. The van der Waals surface area contributed by atoms with Crippen LogP contribution in [0.1, 0.15) is 44.6 Å². The van der Waals surface area contributed by atoms with Crippen molar-refractivity contribution in [2.24, 2.45) is 0 Å². The van der Waals surface area contributed by atoms with Crippen LogP contribution in [0.2, 0.25) is 0 Å². The van der Waals surface area contributed by atoms with Crippen molar-refractivity contribution in [3.63, 3.8) is 0 Å². The van der Waals surface area contributed by atoms with Crippen molar-refractivity contribution in [1.82, 2.24) is 10.3 Å². The van der Waals surface area contributed by atoms with E-state index >= 15 is 0 Å². The Bertz CT molecular complexity index is 1070. The summed E-state index contributed by atoms with van der Waals surface area (Å²) in [5, 5.41) is 12.9. The zero-order chi connectivity index (χ0) is 22.8. The number of aromatic nitrogens is 1. The lowest BCUT2D eigenvalue weighted by molar-refractivity contribution is -0.156. The molecule has 7 nitrogen and oxygen atoms in total. The van der Waals surface area contributed by atoms with Crippen molar-refractivity contribution < 1.29 is 31.9 Å². The Morgan fingerprint density at radius 2 is 1.83 bits per heavy atom. The highest BCUT2D eigenvalue weighted by molar-refractivity contribution is 6.43. The highest BCUT2D eigenvalue weighted by Gasteiger charge is 2.38. The first kappa shape index (κ1) is 22.6. The summed E-state index contributed by atoms with van der Waals surface area (Å²) < 4.78 is 51.2. The van der Waals surface area contributed by atoms with Crippen LogP contribution in [0.5, 0.6) is 0 Å². The number of alkyl halides is 3. The second-order valence-corrected chi connectivity index (χ2v) is 6.45. The van der Waals surface area contributed by atoms with E-state index < -0.39 is 35.6 Å². The molecule has 0 aliphatic rings. The fraction of sp³-hybridized carbons (Fsp3) is 0.263. The van der Waals surface area contributed by atoms with Gasteiger partial charge in [-0.25, -0.2) is 4.39 Å². The third kappa shape index (κ3) is 4.65. The number of aromatic amines is 1. The second-order valence-electron chi connectivity index (χ2n) is 6.45. The average Bonchev–Trinajstić information content (AvgIpc) is 2.95. The monoisotopic (exact) mass is 424 g/mol. The first-order valence-corrected chi connectivity index (χ1v) is 8.48. The largest absolute Gasteiger partial charge is 0.408 e. The number of amides is 2. The van der Waals surface area contributed by atoms with Gasteiger partial charge in [-0.3, -0.25) is 14.4 Å². The molecule has 0 bridgehead atoms. The lowest BCUT2D eigenvalue weighted by Gasteiger charge is -2.16. The predicted octanol–water partition coefficient (Wildman–Crippen LogP) is 3.14. The van der Waals surface area contributed by atoms with Gasteiger partial charge in [-0.15, -0.1) is 0 Å². The number of halogens is 4. The molecule has 2 aromatic rings. The fourth-order valence-electron chi connectivity index (χ4n) is 2.66. The molecule has 0 saturated carbocycles. The van der Waals surface area contributed by atoms with Crippen molar-refractivity contribution in [2.45, 2.75) is 33.0 Å². The zero-order valence-electron chi connectivity index (χ0n) is 16.0. The maximum atomic E-state index is 13.4. The van der Waals surface area contributed by atoms with Gasteiger partial charge in [0.25, 0.3) is 17.6 Å². The number of nitrogens with zero attached hydrogens (tertiary/aromatic N) is 1. The number of aryl methyl sites for hydroxylation is 1. The number of benzene rings is 1. The number of carbonyl (C=O) groups is 3. The number of H-pyrrole nitrogens is 1. The first-order chi connectivity index (χ1) is 13.9. The third-order valence-electron chi connectivity index (χ3n) is 4.28. The molecule has 2 rings (SSSR count). The molecule has 11 heteroatoms. The number of ketones is 1. The van der Waals surface area contributed by atoms with Crippen molar-refractivity contribution in [3.8, 4) is 6.07 Å². The smallest absolute Gasteiger partial charge is 0.355 e. The van der Waals surface area contributed by atoms with Gasteiger partial charge in [-0.1, -0.05) is 0 Å². The van der Waals surface area contributed by atoms with Crippen LogP contribution in [0.4, 0.5) is 23.2 Å². The van der Waals surface area contributed by atoms with E-state index in [9.17, 15) is 31.9 Å². The van der Waals surface area contributed by atoms with Gasteiger partial charge in [0.2, 0.25) is 0 Å². The lowest BCUT2D eigenvalue weighted by atomic mass is 10.1. The van der Waals surface area contributed by atoms with E-state index in [0.29, 0.717) is 6.92 Å². The molecule has 1 aromatic heterocycles. The highest BCUT2D eigenvalue weighted by Crippen LogP contribution is 2.22. The number of anilines is 1. The third-order valence-corrected chi connectivity index (χ3v) is 4.28. The SMILES string of the molecule is Cc1[nH]c(C(=O)C(=O)N[C@H](C)C(F)(F)F)c(C)c1C(=O)Nc1ccc(F)c(C#N)c1. The molecule has 2 amide bonds. The summed E-state index contributed by atoms with van der Waals surface area (Å²) in [5.41, 5.74) is -0.288. The quantitative estimate of drug-likeness (QED) is 0.389. The molecular formula is C19H16F4N4O3. The Morgan fingerprint density at radius 1 is 1.20 bits per heavy atom. The van der Waals surface area contributed by atoms with Crippen LogP contribution < -0.4 is 10.6 Å². The number of carbonyl (C=O) groups excluding carboxylic acids is 3. The molecular weight excluding hydrogens is 408 g/mol. The van der Waals surface area contributed by atoms with E-state index in [1.807, 2.05) is 0 Å². The minimum absolute atomic E-state index is 0.0159. The summed E-state index contributed by atoms with van der Waals surface area (Å²) in [7, 11) is 0. The van der Waals surface area contributed by atoms with Gasteiger partial charge in [0, 0.05) is 11.4 Å². The van der Waals surface area contributed by atoms with Crippen molar-refractivity contribution in [1.29, 1.82) is 5.26 Å². The molecule has 0 aliphatic carbocycles. The van der Waals surface area contributed by atoms with E-state index in [-0.39, 0.29) is 33.8 Å². The van der Waals surface area contributed by atoms with Gasteiger partial charge < -0.3 is 15.6 Å². The van der Waals surface area contributed by atoms with Crippen LogP contribution in [0.15, 0.2) is 18.2 Å². The van der Waals surface area contributed by atoms with Crippen LogP contribution >= 0.6 is 0 Å². The molecule has 0 spiro atoms. The summed E-state index contributed by atoms with van der Waals surface area (Å²) in [4.78, 5) is 39.3. The van der Waals surface area contributed by atoms with Crippen molar-refractivity contribution in [2.75, 3.05) is 5.32 Å². The molecule has 0 aliphatic heterocycles. The van der Waals surface area contributed by atoms with Crippen LogP contribution in [0.3, 0.4) is 0 Å². The molecule has 30 heavy (non-hydrogen) atoms. The Hall–Kier alpha value is -3.68. The van der Waals surface area contributed by atoms with Gasteiger partial charge in [0.1, 0.15) is 17.9 Å². The molecule has 1 atom stereocenters. The van der Waals surface area contributed by atoms with Crippen molar-refractivity contribution in [3.05, 3.63) is 52.1 Å². The summed E-state index contributed by atoms with van der Waals surface area (Å²) in [6.45, 7) is 3.47. The van der Waals surface area contributed by atoms with Crippen LogP contribution in [0, 0.1) is 31.0 Å². The number of hydrogen-bond acceptors (Lipinski definition) is 4. The Kier molecular flexibility index (Phi) is 6.30. The van der Waals surface area contributed by atoms with E-state index in [1.165, 1.54) is 19.9 Å². The maximum Gasteiger partial charge on any atom is 0.408 e. The lowest BCUT2D eigenvalue weighted by Crippen LogP contribution is -2.46. The zero-order valence-corrected chi connectivity index (χ0v) is 16.0. The Labute approximate surface area is 168 Å². The van der Waals surface area contributed by atoms with Gasteiger partial charge in [0.15, 0.2) is 0 Å². The first-order valence-electron chi connectivity index (χ1n) is 8.48. The molecule has 0 radical (unpaired) electrons. The fourth-order valence-corrected chi connectivity index (χ4v) is 2.66. The minimum atomic E-state index is -4.72. The van der Waals surface area contributed by atoms with Gasteiger partial charge in [-0.2, -0.15) is 18.4 Å². The topological polar surface area (TPSA) is 115 Å². The van der Waals surface area contributed by atoms with E-state index in [4.69, 9.17) is 5.26 Å². The summed E-state index contributed by atoms with van der Waals surface area (Å²) in [6.07, 6.45) is -4.72. The number of nitrogens with one attached hydrogen (secondary N) is 3. The summed E-state index contributed by atoms with van der Waals surface area (Å²) >= 11 is 0.